The van der Waals surface area contributed by atoms with Gasteiger partial charge in [-0.3, -0.25) is 0 Å². The van der Waals surface area contributed by atoms with Gasteiger partial charge in [0.25, 0.3) is 0 Å². The number of aromatic nitrogens is 3. The Morgan fingerprint density at radius 3 is 1.28 bits per heavy atom. The predicted molar refractivity (Wildman–Crippen MR) is 230 cm³/mol. The average Bonchev–Trinajstić information content (AvgIpc) is 3.76. The second-order valence-electron chi connectivity index (χ2n) is 14.6. The summed E-state index contributed by atoms with van der Waals surface area (Å²) in [6, 6.07) is 68.0. The zero-order valence-electron chi connectivity index (χ0n) is 30.8. The van der Waals surface area contributed by atoms with Crippen LogP contribution in [-0.2, 0) is 5.41 Å². The fourth-order valence-corrected chi connectivity index (χ4v) is 8.99. The van der Waals surface area contributed by atoms with Gasteiger partial charge >= 0.3 is 0 Å². The highest BCUT2D eigenvalue weighted by molar-refractivity contribution is 5.96. The lowest BCUT2D eigenvalue weighted by Crippen LogP contribution is -2.25. The summed E-state index contributed by atoms with van der Waals surface area (Å²) in [4.78, 5) is 18.8. The van der Waals surface area contributed by atoms with Crippen LogP contribution >= 0.6 is 0 Å². The van der Waals surface area contributed by atoms with Gasteiger partial charge in [-0.15, -0.1) is 0 Å². The number of hydrogen-bond acceptors (Lipinski definition) is 3. The summed E-state index contributed by atoms with van der Waals surface area (Å²) in [7, 11) is 0. The van der Waals surface area contributed by atoms with Crippen molar-refractivity contribution < 1.29 is 0 Å². The Morgan fingerprint density at radius 1 is 0.316 bits per heavy atom. The van der Waals surface area contributed by atoms with Gasteiger partial charge in [0, 0.05) is 16.7 Å². The molecule has 9 aromatic rings. The van der Waals surface area contributed by atoms with Crippen LogP contribution in [0, 0.1) is 6.57 Å². The third kappa shape index (κ3) is 5.10. The summed E-state index contributed by atoms with van der Waals surface area (Å²) >= 11 is 0. The smallest absolute Gasteiger partial charge is 0.187 e. The van der Waals surface area contributed by atoms with Gasteiger partial charge in [-0.1, -0.05) is 188 Å². The van der Waals surface area contributed by atoms with E-state index in [0.29, 0.717) is 23.2 Å². The van der Waals surface area contributed by atoms with E-state index >= 15 is 0 Å². The molecule has 0 saturated carbocycles. The van der Waals surface area contributed by atoms with Crippen molar-refractivity contribution >= 4 is 5.69 Å². The van der Waals surface area contributed by atoms with E-state index in [0.717, 1.165) is 33.4 Å². The zero-order chi connectivity index (χ0) is 37.9. The third-order valence-electron chi connectivity index (χ3n) is 11.6. The van der Waals surface area contributed by atoms with Crippen LogP contribution in [0.25, 0.3) is 83.5 Å². The fraction of sp³-hybridized carbons (Fsp3) is 0.0189. The summed E-state index contributed by atoms with van der Waals surface area (Å²) in [6.07, 6.45) is 0. The molecule has 0 aliphatic heterocycles. The van der Waals surface area contributed by atoms with Crippen LogP contribution in [0.3, 0.4) is 0 Å². The Kier molecular flexibility index (Phi) is 7.42. The molecule has 57 heavy (non-hydrogen) atoms. The van der Waals surface area contributed by atoms with E-state index < -0.39 is 5.41 Å². The minimum atomic E-state index is -0.490. The molecule has 0 bridgehead atoms. The molecule has 0 radical (unpaired) electrons. The van der Waals surface area contributed by atoms with E-state index in [-0.39, 0.29) is 0 Å². The van der Waals surface area contributed by atoms with Crippen LogP contribution in [0.4, 0.5) is 5.69 Å². The largest absolute Gasteiger partial charge is 0.238 e. The van der Waals surface area contributed by atoms with Crippen molar-refractivity contribution in [2.24, 2.45) is 0 Å². The van der Waals surface area contributed by atoms with Crippen molar-refractivity contribution in [3.8, 4) is 78.7 Å². The molecule has 0 amide bonds. The quantitative estimate of drug-likeness (QED) is 0.166. The van der Waals surface area contributed by atoms with Crippen molar-refractivity contribution in [2.45, 2.75) is 5.41 Å². The Hall–Kier alpha value is -7.74. The topological polar surface area (TPSA) is 43.0 Å². The highest BCUT2D eigenvalue weighted by atomic mass is 15.0. The number of hydrogen-bond donors (Lipinski definition) is 0. The molecule has 0 unspecified atom stereocenters. The summed E-state index contributed by atoms with van der Waals surface area (Å²) in [5.41, 5.74) is 17.3. The molecule has 4 heteroatoms. The highest BCUT2D eigenvalue weighted by Crippen LogP contribution is 2.63. The van der Waals surface area contributed by atoms with Gasteiger partial charge in [-0.25, -0.2) is 19.8 Å². The molecular weight excluding hydrogens is 693 g/mol. The molecule has 0 N–H and O–H groups in total. The van der Waals surface area contributed by atoms with E-state index in [1.807, 2.05) is 42.5 Å². The van der Waals surface area contributed by atoms with E-state index in [1.165, 1.54) is 50.1 Å². The van der Waals surface area contributed by atoms with Crippen LogP contribution in [0.5, 0.6) is 0 Å². The van der Waals surface area contributed by atoms with Gasteiger partial charge in [-0.2, -0.15) is 0 Å². The molecule has 264 valence electrons. The van der Waals surface area contributed by atoms with Crippen molar-refractivity contribution in [1.29, 1.82) is 0 Å². The van der Waals surface area contributed by atoms with Crippen molar-refractivity contribution in [2.75, 3.05) is 0 Å². The maximum absolute atomic E-state index is 7.90. The number of fused-ring (bicyclic) bond motifs is 10. The first kappa shape index (κ1) is 32.7. The second-order valence-corrected chi connectivity index (χ2v) is 14.6. The van der Waals surface area contributed by atoms with Gasteiger partial charge in [-0.05, 0) is 72.8 Å². The van der Waals surface area contributed by atoms with Crippen LogP contribution in [0.1, 0.15) is 22.3 Å². The fourth-order valence-electron chi connectivity index (χ4n) is 8.99. The molecule has 0 atom stereocenters. The molecule has 2 aliphatic carbocycles. The Bertz CT molecular complexity index is 3010. The molecule has 0 saturated heterocycles. The van der Waals surface area contributed by atoms with E-state index in [4.69, 9.17) is 21.5 Å². The summed E-state index contributed by atoms with van der Waals surface area (Å²) in [6.45, 7) is 7.90. The first-order valence-electron chi connectivity index (χ1n) is 19.1. The Labute approximate surface area is 331 Å². The normalized spacial score (nSPS) is 12.7. The molecule has 0 fully saturated rings. The van der Waals surface area contributed by atoms with Gasteiger partial charge in [0.1, 0.15) is 0 Å². The van der Waals surface area contributed by atoms with Gasteiger partial charge in [0.05, 0.1) is 12.0 Å². The molecule has 1 heterocycles. The minimum Gasteiger partial charge on any atom is -0.238 e. The van der Waals surface area contributed by atoms with Crippen LogP contribution < -0.4 is 0 Å². The number of nitrogens with zero attached hydrogens (tertiary/aromatic N) is 4. The van der Waals surface area contributed by atoms with Crippen molar-refractivity contribution in [3.63, 3.8) is 0 Å². The monoisotopic (exact) mass is 724 g/mol. The second kappa shape index (κ2) is 12.9. The van der Waals surface area contributed by atoms with Crippen LogP contribution in [-0.4, -0.2) is 15.0 Å². The average molecular weight is 725 g/mol. The van der Waals surface area contributed by atoms with E-state index in [9.17, 15) is 0 Å². The third-order valence-corrected chi connectivity index (χ3v) is 11.6. The molecule has 1 spiro atoms. The maximum Gasteiger partial charge on any atom is 0.187 e. The first-order chi connectivity index (χ1) is 28.2. The SMILES string of the molecule is [C-]#[N+]c1ccc2c(c1)C1(c3ccccc3-c3ccccc31)c1ccc(-c3ccc(-c4nc(-c5ccccc5)nc(-c5ccc(-c6ccccc6)cc5)n4)cc3)cc1-2. The maximum atomic E-state index is 7.90. The molecule has 11 rings (SSSR count). The number of benzene rings is 8. The molecule has 8 aromatic carbocycles. The highest BCUT2D eigenvalue weighted by Gasteiger charge is 2.51. The lowest BCUT2D eigenvalue weighted by atomic mass is 9.70. The lowest BCUT2D eigenvalue weighted by molar-refractivity contribution is 0.794. The van der Waals surface area contributed by atoms with Crippen LogP contribution in [0.2, 0.25) is 0 Å². The van der Waals surface area contributed by atoms with Gasteiger partial charge in [0.15, 0.2) is 23.2 Å². The summed E-state index contributed by atoms with van der Waals surface area (Å²) in [5.74, 6) is 1.89. The van der Waals surface area contributed by atoms with Crippen LogP contribution in [0.15, 0.2) is 194 Å². The Morgan fingerprint density at radius 2 is 0.719 bits per heavy atom. The first-order valence-corrected chi connectivity index (χ1v) is 19.1. The molecular formula is C53H32N4. The van der Waals surface area contributed by atoms with Gasteiger partial charge < -0.3 is 0 Å². The standard InChI is InChI=1S/C53H32N4/c1-54-41-29-30-44-45-32-40(28-31-48(45)53(49(44)33-41)46-18-10-8-16-42(46)43-17-9-11-19-47(43)53)36-22-26-39(27-23-36)52-56-50(37-14-6-3-7-15-37)55-51(57-52)38-24-20-35(21-25-38)34-12-4-2-5-13-34/h2-33H. The van der Waals surface area contributed by atoms with E-state index in [2.05, 4.69) is 157 Å². The summed E-state index contributed by atoms with van der Waals surface area (Å²) < 4.78 is 0. The lowest BCUT2D eigenvalue weighted by Gasteiger charge is -2.30. The molecule has 2 aliphatic rings. The molecule has 1 aromatic heterocycles. The van der Waals surface area contributed by atoms with Gasteiger partial charge in [0.2, 0.25) is 0 Å². The Balaban J connectivity index is 1.000. The number of rotatable bonds is 5. The van der Waals surface area contributed by atoms with E-state index in [1.54, 1.807) is 0 Å². The zero-order valence-corrected chi connectivity index (χ0v) is 30.8. The minimum absolute atomic E-state index is 0.490. The molecule has 4 nitrogen and oxygen atoms in total. The van der Waals surface area contributed by atoms with Crippen molar-refractivity contribution in [1.82, 2.24) is 15.0 Å². The summed E-state index contributed by atoms with van der Waals surface area (Å²) in [5, 5.41) is 0. The van der Waals surface area contributed by atoms with Crippen molar-refractivity contribution in [3.05, 3.63) is 228 Å². The predicted octanol–water partition coefficient (Wildman–Crippen LogP) is 13.1.